The predicted octanol–water partition coefficient (Wildman–Crippen LogP) is 5.00. The lowest BCUT2D eigenvalue weighted by Gasteiger charge is -2.30. The summed E-state index contributed by atoms with van der Waals surface area (Å²) in [6.45, 7) is 1.94. The van der Waals surface area contributed by atoms with Crippen LogP contribution < -0.4 is 5.32 Å². The van der Waals surface area contributed by atoms with Gasteiger partial charge in [0.15, 0.2) is 0 Å². The first-order valence-electron chi connectivity index (χ1n) is 11.6. The summed E-state index contributed by atoms with van der Waals surface area (Å²) < 4.78 is 0. The number of aromatic nitrogens is 1. The monoisotopic (exact) mass is 417 g/mol. The highest BCUT2D eigenvalue weighted by molar-refractivity contribution is 6.03. The number of phenolic OH excluding ortho intramolecular Hbond substituents is 1. The van der Waals surface area contributed by atoms with Crippen molar-refractivity contribution < 1.29 is 9.90 Å². The second kappa shape index (κ2) is 8.75. The van der Waals surface area contributed by atoms with Gasteiger partial charge in [0, 0.05) is 36.4 Å². The number of nitrogens with zero attached hydrogens (tertiary/aromatic N) is 1. The lowest BCUT2D eigenvalue weighted by atomic mass is 9.89. The van der Waals surface area contributed by atoms with E-state index in [1.54, 1.807) is 6.07 Å². The average molecular weight is 418 g/mol. The van der Waals surface area contributed by atoms with E-state index in [0.29, 0.717) is 17.0 Å². The normalized spacial score (nSPS) is 22.7. The molecule has 2 heterocycles. The quantitative estimate of drug-likeness (QED) is 0.547. The van der Waals surface area contributed by atoms with Crippen molar-refractivity contribution in [2.24, 2.45) is 5.92 Å². The van der Waals surface area contributed by atoms with Gasteiger partial charge in [0.2, 0.25) is 0 Å². The van der Waals surface area contributed by atoms with Crippen LogP contribution in [-0.4, -0.2) is 40.0 Å². The number of rotatable bonds is 5. The minimum absolute atomic E-state index is 0.0635. The van der Waals surface area contributed by atoms with Crippen LogP contribution >= 0.6 is 0 Å². The molecule has 162 valence electrons. The molecule has 1 aliphatic heterocycles. The maximum atomic E-state index is 13.1. The largest absolute Gasteiger partial charge is 0.506 e. The van der Waals surface area contributed by atoms with Gasteiger partial charge in [-0.1, -0.05) is 49.6 Å². The highest BCUT2D eigenvalue weighted by Crippen LogP contribution is 2.35. The van der Waals surface area contributed by atoms with Crippen molar-refractivity contribution in [3.63, 3.8) is 0 Å². The summed E-state index contributed by atoms with van der Waals surface area (Å²) >= 11 is 0. The third-order valence-electron chi connectivity index (χ3n) is 7.08. The summed E-state index contributed by atoms with van der Waals surface area (Å²) in [5, 5.41) is 15.5. The van der Waals surface area contributed by atoms with Crippen molar-refractivity contribution in [2.45, 2.75) is 50.6 Å². The fourth-order valence-electron chi connectivity index (χ4n) is 5.49. The zero-order chi connectivity index (χ0) is 21.2. The molecule has 5 heteroatoms. The Morgan fingerprint density at radius 2 is 1.90 bits per heavy atom. The zero-order valence-corrected chi connectivity index (χ0v) is 17.9. The van der Waals surface area contributed by atoms with E-state index in [4.69, 9.17) is 0 Å². The molecular weight excluding hydrogens is 386 g/mol. The van der Waals surface area contributed by atoms with Gasteiger partial charge in [-0.15, -0.1) is 0 Å². The van der Waals surface area contributed by atoms with Crippen molar-refractivity contribution in [1.29, 1.82) is 0 Å². The van der Waals surface area contributed by atoms with Crippen molar-refractivity contribution >= 4 is 16.7 Å². The second-order valence-electron chi connectivity index (χ2n) is 9.19. The Labute approximate surface area is 183 Å². The Hall–Kier alpha value is -2.79. The number of fused-ring (bicyclic) bond motifs is 1. The number of H-pyrrole nitrogens is 1. The number of aromatic hydroxyl groups is 1. The molecule has 1 saturated heterocycles. The molecule has 2 fully saturated rings. The average Bonchev–Trinajstić information content (AvgIpc) is 3.45. The number of carbonyl (C=O) groups excluding carboxylic acids is 1. The van der Waals surface area contributed by atoms with Gasteiger partial charge in [-0.25, -0.2) is 0 Å². The van der Waals surface area contributed by atoms with E-state index < -0.39 is 0 Å². The van der Waals surface area contributed by atoms with Crippen molar-refractivity contribution in [3.05, 3.63) is 66.0 Å². The Morgan fingerprint density at radius 1 is 1.06 bits per heavy atom. The molecule has 2 aliphatic rings. The van der Waals surface area contributed by atoms with Crippen LogP contribution in [0.2, 0.25) is 0 Å². The van der Waals surface area contributed by atoms with E-state index >= 15 is 0 Å². The molecule has 31 heavy (non-hydrogen) atoms. The zero-order valence-electron chi connectivity index (χ0n) is 17.9. The van der Waals surface area contributed by atoms with Gasteiger partial charge < -0.3 is 15.4 Å². The van der Waals surface area contributed by atoms with Crippen molar-refractivity contribution in [2.75, 3.05) is 13.1 Å². The summed E-state index contributed by atoms with van der Waals surface area (Å²) in [6.07, 6.45) is 9.54. The number of phenols is 1. The third-order valence-corrected chi connectivity index (χ3v) is 7.08. The van der Waals surface area contributed by atoms with Gasteiger partial charge in [-0.2, -0.15) is 0 Å². The molecule has 2 aromatic carbocycles. The molecule has 1 aliphatic carbocycles. The Kier molecular flexibility index (Phi) is 5.68. The highest BCUT2D eigenvalue weighted by atomic mass is 16.3. The SMILES string of the molecule is O=C(N[C@H]1C[C@@H](c2ccc[nH]2)N(CC2CCCCC2)C1)c1ccc2ccccc2c1O. The fourth-order valence-corrected chi connectivity index (χ4v) is 5.49. The number of amides is 1. The molecule has 0 spiro atoms. The van der Waals surface area contributed by atoms with E-state index in [2.05, 4.69) is 21.3 Å². The molecule has 2 atom stereocenters. The van der Waals surface area contributed by atoms with Crippen LogP contribution in [0.3, 0.4) is 0 Å². The number of likely N-dealkylation sites (tertiary alicyclic amines) is 1. The molecule has 3 aromatic rings. The highest BCUT2D eigenvalue weighted by Gasteiger charge is 2.36. The van der Waals surface area contributed by atoms with Gasteiger partial charge in [0.25, 0.3) is 5.91 Å². The molecule has 0 bridgehead atoms. The molecule has 1 aromatic heterocycles. The maximum Gasteiger partial charge on any atom is 0.255 e. The summed E-state index contributed by atoms with van der Waals surface area (Å²) in [4.78, 5) is 19.0. The molecule has 0 unspecified atom stereocenters. The van der Waals surface area contributed by atoms with Gasteiger partial charge in [-0.05, 0) is 48.8 Å². The summed E-state index contributed by atoms with van der Waals surface area (Å²) in [7, 11) is 0. The van der Waals surface area contributed by atoms with E-state index in [-0.39, 0.29) is 17.7 Å². The number of hydrogen-bond acceptors (Lipinski definition) is 3. The minimum atomic E-state index is -0.196. The molecule has 5 nitrogen and oxygen atoms in total. The van der Waals surface area contributed by atoms with E-state index in [9.17, 15) is 9.90 Å². The molecule has 0 radical (unpaired) electrons. The Morgan fingerprint density at radius 3 is 2.71 bits per heavy atom. The smallest absolute Gasteiger partial charge is 0.255 e. The molecule has 1 saturated carbocycles. The van der Waals surface area contributed by atoms with Crippen LogP contribution in [0, 0.1) is 5.92 Å². The predicted molar refractivity (Wildman–Crippen MR) is 123 cm³/mol. The molecule has 5 rings (SSSR count). The van der Waals surface area contributed by atoms with Crippen molar-refractivity contribution in [3.8, 4) is 5.75 Å². The molecular formula is C26H31N3O2. The van der Waals surface area contributed by atoms with E-state index in [1.165, 1.54) is 37.8 Å². The first kappa shape index (κ1) is 20.1. The number of aromatic amines is 1. The van der Waals surface area contributed by atoms with Crippen LogP contribution in [-0.2, 0) is 0 Å². The van der Waals surface area contributed by atoms with E-state index in [0.717, 1.165) is 30.8 Å². The third kappa shape index (κ3) is 4.19. The van der Waals surface area contributed by atoms with Crippen molar-refractivity contribution in [1.82, 2.24) is 15.2 Å². The first-order valence-corrected chi connectivity index (χ1v) is 11.6. The number of carbonyl (C=O) groups is 1. The lowest BCUT2D eigenvalue weighted by molar-refractivity contribution is 0.0934. The lowest BCUT2D eigenvalue weighted by Crippen LogP contribution is -2.38. The van der Waals surface area contributed by atoms with Gasteiger partial charge in [-0.3, -0.25) is 9.69 Å². The Bertz CT molecular complexity index is 1040. The number of benzene rings is 2. The van der Waals surface area contributed by atoms with Crippen LogP contribution in [0.15, 0.2) is 54.7 Å². The second-order valence-corrected chi connectivity index (χ2v) is 9.19. The van der Waals surface area contributed by atoms with Crippen LogP contribution in [0.4, 0.5) is 0 Å². The summed E-state index contributed by atoms with van der Waals surface area (Å²) in [6, 6.07) is 15.8. The maximum absolute atomic E-state index is 13.1. The van der Waals surface area contributed by atoms with Crippen LogP contribution in [0.25, 0.3) is 10.8 Å². The van der Waals surface area contributed by atoms with Gasteiger partial charge in [0.05, 0.1) is 11.6 Å². The number of hydrogen-bond donors (Lipinski definition) is 3. The van der Waals surface area contributed by atoms with Crippen LogP contribution in [0.1, 0.15) is 60.6 Å². The molecule has 1 amide bonds. The Balaban J connectivity index is 1.32. The fraction of sp³-hybridized carbons (Fsp3) is 0.423. The first-order chi connectivity index (χ1) is 15.2. The summed E-state index contributed by atoms with van der Waals surface area (Å²) in [5.74, 6) is 0.622. The standard InChI is InChI=1S/C26H31N3O2/c30-25-21-10-5-4-9-19(21)12-13-22(25)26(31)28-20-15-24(23-11-6-14-27-23)29(17-20)16-18-7-2-1-3-8-18/h4-6,9-14,18,20,24,27,30H,1-3,7-8,15-17H2,(H,28,31)/t20-,24-/m0/s1. The topological polar surface area (TPSA) is 68.4 Å². The van der Waals surface area contributed by atoms with Gasteiger partial charge in [0.1, 0.15) is 5.75 Å². The van der Waals surface area contributed by atoms with Crippen LogP contribution in [0.5, 0.6) is 5.75 Å². The van der Waals surface area contributed by atoms with Gasteiger partial charge >= 0.3 is 0 Å². The minimum Gasteiger partial charge on any atom is -0.506 e. The molecule has 3 N–H and O–H groups in total. The summed E-state index contributed by atoms with van der Waals surface area (Å²) in [5.41, 5.74) is 1.57. The number of nitrogens with one attached hydrogen (secondary N) is 2. The van der Waals surface area contributed by atoms with E-state index in [1.807, 2.05) is 42.6 Å².